The first-order chi connectivity index (χ1) is 17.1. The highest BCUT2D eigenvalue weighted by atomic mass is 16.6. The molecular formula is C30H51N3O4. The van der Waals surface area contributed by atoms with Gasteiger partial charge in [0.05, 0.1) is 0 Å². The molecule has 3 amide bonds. The van der Waals surface area contributed by atoms with Crippen LogP contribution in [0.25, 0.3) is 0 Å². The average molecular weight is 518 g/mol. The van der Waals surface area contributed by atoms with E-state index in [1.807, 2.05) is 66.7 Å². The Hall–Kier alpha value is -2.57. The van der Waals surface area contributed by atoms with Crippen LogP contribution in [0, 0.1) is 19.8 Å². The third-order valence-electron chi connectivity index (χ3n) is 6.79. The third-order valence-corrected chi connectivity index (χ3v) is 6.79. The molecule has 0 heterocycles. The molecule has 1 aromatic rings. The van der Waals surface area contributed by atoms with Gasteiger partial charge in [0.15, 0.2) is 0 Å². The average Bonchev–Trinajstić information content (AvgIpc) is 2.78. The Morgan fingerprint density at radius 2 is 1.59 bits per heavy atom. The van der Waals surface area contributed by atoms with Crippen LogP contribution in [0.15, 0.2) is 18.2 Å². The summed E-state index contributed by atoms with van der Waals surface area (Å²) in [5.41, 5.74) is 1.56. The first-order valence-corrected chi connectivity index (χ1v) is 13.7. The summed E-state index contributed by atoms with van der Waals surface area (Å²) in [5.74, 6) is -0.739. The predicted octanol–water partition coefficient (Wildman–Crippen LogP) is 6.22. The van der Waals surface area contributed by atoms with E-state index in [0.717, 1.165) is 36.0 Å². The van der Waals surface area contributed by atoms with E-state index >= 15 is 0 Å². The van der Waals surface area contributed by atoms with Crippen molar-refractivity contribution in [1.82, 2.24) is 15.5 Å². The number of ether oxygens (including phenoxy) is 1. The van der Waals surface area contributed by atoms with Crippen molar-refractivity contribution in [2.75, 3.05) is 6.54 Å². The summed E-state index contributed by atoms with van der Waals surface area (Å²) in [7, 11) is 0. The number of carbonyl (C=O) groups is 3. The zero-order valence-electron chi connectivity index (χ0n) is 25.1. The van der Waals surface area contributed by atoms with Gasteiger partial charge in [0.25, 0.3) is 0 Å². The smallest absolute Gasteiger partial charge is 0.408 e. The highest BCUT2D eigenvalue weighted by molar-refractivity contribution is 5.92. The van der Waals surface area contributed by atoms with E-state index in [1.165, 1.54) is 0 Å². The lowest BCUT2D eigenvalue weighted by atomic mass is 9.89. The quantitative estimate of drug-likeness (QED) is 0.322. The van der Waals surface area contributed by atoms with Gasteiger partial charge in [0.2, 0.25) is 11.8 Å². The van der Waals surface area contributed by atoms with E-state index in [4.69, 9.17) is 4.74 Å². The summed E-state index contributed by atoms with van der Waals surface area (Å²) in [6, 6.07) is 4.20. The molecule has 210 valence electrons. The molecule has 0 bridgehead atoms. The molecule has 0 radical (unpaired) electrons. The zero-order valence-corrected chi connectivity index (χ0v) is 25.1. The predicted molar refractivity (Wildman–Crippen MR) is 150 cm³/mol. The molecule has 0 fully saturated rings. The maximum Gasteiger partial charge on any atom is 0.408 e. The van der Waals surface area contributed by atoms with Crippen LogP contribution in [0.2, 0.25) is 0 Å². The van der Waals surface area contributed by atoms with E-state index in [-0.39, 0.29) is 17.7 Å². The second-order valence-electron chi connectivity index (χ2n) is 12.0. The van der Waals surface area contributed by atoms with Gasteiger partial charge < -0.3 is 20.3 Å². The van der Waals surface area contributed by atoms with Crippen molar-refractivity contribution in [1.29, 1.82) is 0 Å². The fraction of sp³-hybridized carbons (Fsp3) is 0.700. The summed E-state index contributed by atoms with van der Waals surface area (Å²) in [4.78, 5) is 42.5. The van der Waals surface area contributed by atoms with Gasteiger partial charge in [-0.3, -0.25) is 9.59 Å². The van der Waals surface area contributed by atoms with Crippen molar-refractivity contribution in [2.24, 2.45) is 5.92 Å². The van der Waals surface area contributed by atoms with Crippen molar-refractivity contribution in [3.05, 3.63) is 34.9 Å². The lowest BCUT2D eigenvalue weighted by Gasteiger charge is -2.45. The summed E-state index contributed by atoms with van der Waals surface area (Å²) in [6.45, 7) is 21.7. The topological polar surface area (TPSA) is 87.7 Å². The number of benzene rings is 1. The zero-order chi connectivity index (χ0) is 28.6. The number of unbranched alkanes of at least 4 members (excludes halogenated alkanes) is 2. The molecular weight excluding hydrogens is 466 g/mol. The van der Waals surface area contributed by atoms with Crippen LogP contribution >= 0.6 is 0 Å². The number of rotatable bonds is 12. The van der Waals surface area contributed by atoms with Crippen molar-refractivity contribution in [3.63, 3.8) is 0 Å². The number of nitrogens with one attached hydrogen (secondary N) is 2. The summed E-state index contributed by atoms with van der Waals surface area (Å²) >= 11 is 0. The van der Waals surface area contributed by atoms with Crippen molar-refractivity contribution < 1.29 is 19.1 Å². The minimum absolute atomic E-state index is 0.214. The first kappa shape index (κ1) is 32.5. The maximum absolute atomic E-state index is 14.3. The van der Waals surface area contributed by atoms with Gasteiger partial charge in [0, 0.05) is 12.1 Å². The van der Waals surface area contributed by atoms with Gasteiger partial charge in [-0.15, -0.1) is 0 Å². The maximum atomic E-state index is 14.3. The number of carbonyl (C=O) groups excluding carboxylic acids is 3. The lowest BCUT2D eigenvalue weighted by molar-refractivity contribution is -0.150. The molecule has 7 heteroatoms. The molecule has 2 atom stereocenters. The SMILES string of the molecule is CCCCCNC(=O)C(c1ccc(C)c(C)c1)N(C(=O)C(NC(=O)OC(C)(C)C)C(C)C)C(C)(C)CC. The summed E-state index contributed by atoms with van der Waals surface area (Å²) in [5, 5.41) is 5.87. The molecule has 0 saturated heterocycles. The van der Waals surface area contributed by atoms with Gasteiger partial charge in [-0.1, -0.05) is 58.7 Å². The molecule has 0 aliphatic heterocycles. The third kappa shape index (κ3) is 9.67. The summed E-state index contributed by atoms with van der Waals surface area (Å²) < 4.78 is 5.46. The standard InChI is InChI=1S/C30H51N3O4/c1-12-14-15-18-31-26(34)25(23-17-16-21(5)22(6)19-23)33(30(10,11)13-2)27(35)24(20(3)4)32-28(36)37-29(7,8)9/h16-17,19-20,24-25H,12-15,18H2,1-11H3,(H,31,34)(H,32,36). The van der Waals surface area contributed by atoms with Crippen LogP contribution < -0.4 is 10.6 Å². The molecule has 1 aromatic carbocycles. The van der Waals surface area contributed by atoms with Crippen molar-refractivity contribution in [3.8, 4) is 0 Å². The Bertz CT molecular complexity index is 918. The lowest BCUT2D eigenvalue weighted by Crippen LogP contribution is -2.60. The van der Waals surface area contributed by atoms with Crippen molar-refractivity contribution >= 4 is 17.9 Å². The van der Waals surface area contributed by atoms with Gasteiger partial charge in [0.1, 0.15) is 17.7 Å². The van der Waals surface area contributed by atoms with E-state index in [2.05, 4.69) is 17.6 Å². The molecule has 2 unspecified atom stereocenters. The van der Waals surface area contributed by atoms with Crippen LogP contribution in [0.1, 0.15) is 111 Å². The number of amides is 3. The first-order valence-electron chi connectivity index (χ1n) is 13.7. The molecule has 0 saturated carbocycles. The number of hydrogen-bond acceptors (Lipinski definition) is 4. The van der Waals surface area contributed by atoms with Crippen LogP contribution in [-0.2, 0) is 14.3 Å². The molecule has 1 rings (SSSR count). The largest absolute Gasteiger partial charge is 0.444 e. The number of aryl methyl sites for hydroxylation is 2. The molecule has 0 aromatic heterocycles. The highest BCUT2D eigenvalue weighted by Gasteiger charge is 2.43. The molecule has 2 N–H and O–H groups in total. The molecule has 37 heavy (non-hydrogen) atoms. The van der Waals surface area contributed by atoms with Crippen LogP contribution in [0.5, 0.6) is 0 Å². The van der Waals surface area contributed by atoms with Crippen molar-refractivity contribution in [2.45, 2.75) is 125 Å². The summed E-state index contributed by atoms with van der Waals surface area (Å²) in [6.07, 6.45) is 2.92. The van der Waals surface area contributed by atoms with Crippen LogP contribution in [0.4, 0.5) is 4.79 Å². The number of alkyl carbamates (subject to hydrolysis) is 1. The highest BCUT2D eigenvalue weighted by Crippen LogP contribution is 2.33. The minimum Gasteiger partial charge on any atom is -0.444 e. The minimum atomic E-state index is -0.859. The Labute approximate surface area is 225 Å². The van der Waals surface area contributed by atoms with Crippen LogP contribution in [-0.4, -0.2) is 46.5 Å². The van der Waals surface area contributed by atoms with E-state index in [0.29, 0.717) is 13.0 Å². The molecule has 0 aliphatic rings. The number of hydrogen-bond donors (Lipinski definition) is 2. The monoisotopic (exact) mass is 517 g/mol. The molecule has 7 nitrogen and oxygen atoms in total. The Morgan fingerprint density at radius 3 is 2.08 bits per heavy atom. The number of nitrogens with zero attached hydrogens (tertiary/aromatic N) is 1. The fourth-order valence-corrected chi connectivity index (χ4v) is 4.08. The van der Waals surface area contributed by atoms with E-state index in [1.54, 1.807) is 25.7 Å². The van der Waals surface area contributed by atoms with Gasteiger partial charge in [-0.2, -0.15) is 0 Å². The van der Waals surface area contributed by atoms with Gasteiger partial charge >= 0.3 is 6.09 Å². The normalized spacial score (nSPS) is 13.6. The Kier molecular flexibility index (Phi) is 12.1. The van der Waals surface area contributed by atoms with E-state index in [9.17, 15) is 14.4 Å². The Balaban J connectivity index is 3.60. The van der Waals surface area contributed by atoms with Gasteiger partial charge in [-0.05, 0) is 83.9 Å². The second kappa shape index (κ2) is 13.8. The fourth-order valence-electron chi connectivity index (χ4n) is 4.08. The Morgan fingerprint density at radius 1 is 0.973 bits per heavy atom. The molecule has 0 aliphatic carbocycles. The second-order valence-corrected chi connectivity index (χ2v) is 12.0. The van der Waals surface area contributed by atoms with Crippen LogP contribution in [0.3, 0.4) is 0 Å². The van der Waals surface area contributed by atoms with Gasteiger partial charge in [-0.25, -0.2) is 4.79 Å². The molecule has 0 spiro atoms. The van der Waals surface area contributed by atoms with E-state index < -0.39 is 29.3 Å².